The summed E-state index contributed by atoms with van der Waals surface area (Å²) in [6.07, 6.45) is -0.0813. The van der Waals surface area contributed by atoms with Crippen LogP contribution >= 0.6 is 11.6 Å². The maximum Gasteiger partial charge on any atom is 0.249 e. The highest BCUT2D eigenvalue weighted by atomic mass is 35.5. The first kappa shape index (κ1) is 12.2. The predicted molar refractivity (Wildman–Crippen MR) is 69.9 cm³/mol. The highest BCUT2D eigenvalue weighted by Gasteiger charge is 2.14. The molecule has 1 aromatic carbocycles. The van der Waals surface area contributed by atoms with Gasteiger partial charge in [0.25, 0.3) is 0 Å². The van der Waals surface area contributed by atoms with Crippen molar-refractivity contribution in [3.8, 4) is 11.6 Å². The highest BCUT2D eigenvalue weighted by Crippen LogP contribution is 2.26. The Hall–Kier alpha value is -1.85. The molecule has 0 saturated heterocycles. The van der Waals surface area contributed by atoms with Gasteiger partial charge in [0.05, 0.1) is 6.10 Å². The molecule has 3 aromatic rings. The Bertz CT molecular complexity index is 718. The zero-order valence-corrected chi connectivity index (χ0v) is 10.9. The van der Waals surface area contributed by atoms with E-state index in [0.29, 0.717) is 39.9 Å². The Morgan fingerprint density at radius 2 is 2.21 bits per heavy atom. The molecule has 2 aromatic heterocycles. The maximum atomic E-state index is 9.29. The molecule has 98 valence electrons. The van der Waals surface area contributed by atoms with Crippen LogP contribution in [0.2, 0.25) is 5.02 Å². The molecular weight excluding hydrogens is 268 g/mol. The molecule has 2 heterocycles. The zero-order valence-electron chi connectivity index (χ0n) is 10.1. The molecule has 5 nitrogen and oxygen atoms in total. The summed E-state index contributed by atoms with van der Waals surface area (Å²) in [5, 5.41) is 13.8. The third-order valence-electron chi connectivity index (χ3n) is 2.62. The lowest BCUT2D eigenvalue weighted by atomic mass is 10.2. The van der Waals surface area contributed by atoms with Gasteiger partial charge in [-0.25, -0.2) is 4.98 Å². The van der Waals surface area contributed by atoms with Crippen molar-refractivity contribution in [3.63, 3.8) is 0 Å². The van der Waals surface area contributed by atoms with Gasteiger partial charge in [0.15, 0.2) is 11.3 Å². The second-order valence-electron chi connectivity index (χ2n) is 4.36. The fraction of sp³-hybridized carbons (Fsp3) is 0.231. The van der Waals surface area contributed by atoms with Gasteiger partial charge in [-0.05, 0) is 25.1 Å². The Balaban J connectivity index is 1.97. The third-order valence-corrected chi connectivity index (χ3v) is 2.86. The Morgan fingerprint density at radius 3 is 3.00 bits per heavy atom. The number of benzene rings is 1. The average molecular weight is 279 g/mol. The number of halogens is 1. The minimum absolute atomic E-state index is 0.373. The molecule has 0 saturated carbocycles. The number of aromatic nitrogens is 2. The number of hydrogen-bond donors (Lipinski definition) is 1. The Kier molecular flexibility index (Phi) is 3.00. The number of aliphatic hydroxyl groups excluding tert-OH is 1. The smallest absolute Gasteiger partial charge is 0.249 e. The summed E-state index contributed by atoms with van der Waals surface area (Å²) in [5.74, 6) is 0.961. The molecule has 0 aliphatic rings. The second kappa shape index (κ2) is 4.68. The van der Waals surface area contributed by atoms with E-state index in [1.54, 1.807) is 31.2 Å². The summed E-state index contributed by atoms with van der Waals surface area (Å²) in [6.45, 7) is 1.68. The summed E-state index contributed by atoms with van der Waals surface area (Å²) < 4.78 is 10.7. The van der Waals surface area contributed by atoms with Gasteiger partial charge in [-0.2, -0.15) is 0 Å². The van der Waals surface area contributed by atoms with Crippen LogP contribution in [0.1, 0.15) is 12.7 Å². The van der Waals surface area contributed by atoms with Crippen LogP contribution in [-0.4, -0.2) is 21.4 Å². The van der Waals surface area contributed by atoms with Crippen molar-refractivity contribution in [2.24, 2.45) is 0 Å². The lowest BCUT2D eigenvalue weighted by Crippen LogP contribution is -2.02. The van der Waals surface area contributed by atoms with Crippen molar-refractivity contribution >= 4 is 22.7 Å². The molecule has 0 aliphatic heterocycles. The standard InChI is InChI=1S/C13H11ClN2O3/c1-7(17)4-9-6-11(16-19-9)13-15-10-5-8(14)2-3-12(10)18-13/h2-3,5-7,17H,4H2,1H3. The molecular formula is C13H11ClN2O3. The van der Waals surface area contributed by atoms with E-state index in [-0.39, 0.29) is 0 Å². The van der Waals surface area contributed by atoms with E-state index in [1.165, 1.54) is 0 Å². The van der Waals surface area contributed by atoms with Crippen molar-refractivity contribution in [1.29, 1.82) is 0 Å². The van der Waals surface area contributed by atoms with Crippen LogP contribution in [-0.2, 0) is 6.42 Å². The van der Waals surface area contributed by atoms with Crippen LogP contribution in [0.4, 0.5) is 0 Å². The third kappa shape index (κ3) is 2.47. The van der Waals surface area contributed by atoms with E-state index in [0.717, 1.165) is 0 Å². The van der Waals surface area contributed by atoms with Crippen molar-refractivity contribution in [1.82, 2.24) is 10.1 Å². The number of rotatable bonds is 3. The predicted octanol–water partition coefficient (Wildman–Crippen LogP) is 3.06. The van der Waals surface area contributed by atoms with Gasteiger partial charge in [-0.1, -0.05) is 16.8 Å². The lowest BCUT2D eigenvalue weighted by molar-refractivity contribution is 0.183. The number of nitrogens with zero attached hydrogens (tertiary/aromatic N) is 2. The SMILES string of the molecule is CC(O)Cc1cc(-c2nc3cc(Cl)ccc3o2)no1. The summed E-state index contributed by atoms with van der Waals surface area (Å²) in [6, 6.07) is 6.92. The summed E-state index contributed by atoms with van der Waals surface area (Å²) in [7, 11) is 0. The summed E-state index contributed by atoms with van der Waals surface area (Å²) in [4.78, 5) is 4.30. The van der Waals surface area contributed by atoms with E-state index >= 15 is 0 Å². The molecule has 0 aliphatic carbocycles. The molecule has 6 heteroatoms. The van der Waals surface area contributed by atoms with Crippen LogP contribution in [0, 0.1) is 0 Å². The van der Waals surface area contributed by atoms with Crippen LogP contribution in [0.3, 0.4) is 0 Å². The number of hydrogen-bond acceptors (Lipinski definition) is 5. The van der Waals surface area contributed by atoms with Crippen LogP contribution in [0.25, 0.3) is 22.7 Å². The lowest BCUT2D eigenvalue weighted by Gasteiger charge is -1.96. The van der Waals surface area contributed by atoms with Gasteiger partial charge < -0.3 is 14.0 Å². The van der Waals surface area contributed by atoms with Crippen LogP contribution in [0.5, 0.6) is 0 Å². The van der Waals surface area contributed by atoms with Crippen LogP contribution in [0.15, 0.2) is 33.2 Å². The molecule has 0 fully saturated rings. The largest absolute Gasteiger partial charge is 0.435 e. The molecule has 19 heavy (non-hydrogen) atoms. The Labute approximate surface area is 113 Å². The fourth-order valence-electron chi connectivity index (χ4n) is 1.81. The Morgan fingerprint density at radius 1 is 1.37 bits per heavy atom. The van der Waals surface area contributed by atoms with Crippen molar-refractivity contribution in [2.45, 2.75) is 19.4 Å². The average Bonchev–Trinajstić information content (AvgIpc) is 2.93. The van der Waals surface area contributed by atoms with Gasteiger partial charge in [-0.3, -0.25) is 0 Å². The molecule has 1 N–H and O–H groups in total. The number of oxazole rings is 1. The molecule has 0 spiro atoms. The van der Waals surface area contributed by atoms with Gasteiger partial charge in [0, 0.05) is 17.5 Å². The monoisotopic (exact) mass is 278 g/mol. The van der Waals surface area contributed by atoms with Crippen molar-refractivity contribution in [3.05, 3.63) is 35.0 Å². The molecule has 1 atom stereocenters. The zero-order chi connectivity index (χ0) is 13.4. The molecule has 1 unspecified atom stereocenters. The first-order valence-electron chi connectivity index (χ1n) is 5.82. The fourth-order valence-corrected chi connectivity index (χ4v) is 1.98. The summed E-state index contributed by atoms with van der Waals surface area (Å²) in [5.41, 5.74) is 1.81. The van der Waals surface area contributed by atoms with Gasteiger partial charge in [0.1, 0.15) is 11.3 Å². The first-order chi connectivity index (χ1) is 9.11. The van der Waals surface area contributed by atoms with Crippen LogP contribution < -0.4 is 0 Å². The maximum absolute atomic E-state index is 9.29. The van der Waals surface area contributed by atoms with E-state index in [2.05, 4.69) is 10.1 Å². The van der Waals surface area contributed by atoms with Crippen molar-refractivity contribution in [2.75, 3.05) is 0 Å². The van der Waals surface area contributed by atoms with Gasteiger partial charge in [0.2, 0.25) is 5.89 Å². The van der Waals surface area contributed by atoms with E-state index < -0.39 is 6.10 Å². The van der Waals surface area contributed by atoms with Crippen molar-refractivity contribution < 1.29 is 14.0 Å². The van der Waals surface area contributed by atoms with E-state index in [4.69, 9.17) is 20.5 Å². The quantitative estimate of drug-likeness (QED) is 0.797. The minimum Gasteiger partial charge on any atom is -0.435 e. The van der Waals surface area contributed by atoms with E-state index in [9.17, 15) is 5.11 Å². The van der Waals surface area contributed by atoms with E-state index in [1.807, 2.05) is 0 Å². The number of fused-ring (bicyclic) bond motifs is 1. The second-order valence-corrected chi connectivity index (χ2v) is 4.80. The van der Waals surface area contributed by atoms with Gasteiger partial charge >= 0.3 is 0 Å². The summed E-state index contributed by atoms with van der Waals surface area (Å²) >= 11 is 5.89. The minimum atomic E-state index is -0.483. The normalized spacial score (nSPS) is 13.0. The molecule has 0 bridgehead atoms. The topological polar surface area (TPSA) is 72.3 Å². The molecule has 0 amide bonds. The first-order valence-corrected chi connectivity index (χ1v) is 6.20. The highest BCUT2D eigenvalue weighted by molar-refractivity contribution is 6.31. The molecule has 3 rings (SSSR count). The van der Waals surface area contributed by atoms with Gasteiger partial charge in [-0.15, -0.1) is 0 Å². The molecule has 0 radical (unpaired) electrons. The number of aliphatic hydroxyl groups is 1.